The van der Waals surface area contributed by atoms with Gasteiger partial charge in [-0.25, -0.2) is 19.9 Å². The van der Waals surface area contributed by atoms with E-state index in [1.807, 2.05) is 36.7 Å². The number of nitrogens with two attached hydrogens (primary N) is 1. The molecular formula is C19H20N6O. The van der Waals surface area contributed by atoms with Crippen LogP contribution in [0, 0.1) is 0 Å². The Balaban J connectivity index is 1.39. The average Bonchev–Trinajstić information content (AvgIpc) is 3.10. The van der Waals surface area contributed by atoms with Gasteiger partial charge in [0.05, 0.1) is 24.0 Å². The first-order valence-corrected chi connectivity index (χ1v) is 8.63. The Hall–Kier alpha value is -3.06. The molecule has 0 unspecified atom stereocenters. The summed E-state index contributed by atoms with van der Waals surface area (Å²) in [4.78, 5) is 16.9. The summed E-state index contributed by atoms with van der Waals surface area (Å²) in [5.41, 5.74) is 9.82. The molecule has 0 fully saturated rings. The third-order valence-corrected chi connectivity index (χ3v) is 4.33. The van der Waals surface area contributed by atoms with E-state index in [1.54, 1.807) is 12.7 Å². The minimum Gasteiger partial charge on any atom is -0.382 e. The van der Waals surface area contributed by atoms with E-state index in [0.717, 1.165) is 46.9 Å². The molecule has 132 valence electrons. The fourth-order valence-electron chi connectivity index (χ4n) is 3.08. The summed E-state index contributed by atoms with van der Waals surface area (Å²) in [6, 6.07) is 7.97. The maximum atomic E-state index is 6.06. The minimum atomic E-state index is 0.462. The van der Waals surface area contributed by atoms with Crippen molar-refractivity contribution in [2.45, 2.75) is 19.4 Å². The lowest BCUT2D eigenvalue weighted by molar-refractivity contribution is 0.125. The second-order valence-corrected chi connectivity index (χ2v) is 6.11. The number of ether oxygens (including phenoxy) is 1. The Bertz CT molecular complexity index is 1010. The molecule has 0 bridgehead atoms. The topological polar surface area (TPSA) is 91.7 Å². The number of pyridine rings is 1. The van der Waals surface area contributed by atoms with Crippen molar-refractivity contribution in [1.29, 1.82) is 0 Å². The predicted octanol–water partition coefficient (Wildman–Crippen LogP) is 2.61. The van der Waals surface area contributed by atoms with Crippen LogP contribution in [0.1, 0.15) is 12.0 Å². The summed E-state index contributed by atoms with van der Waals surface area (Å²) in [6.45, 7) is 2.04. The monoisotopic (exact) mass is 348 g/mol. The van der Waals surface area contributed by atoms with Crippen LogP contribution in [0.15, 0.2) is 49.3 Å². The number of nitrogen functional groups attached to an aromatic ring is 1. The second kappa shape index (κ2) is 7.45. The normalized spacial score (nSPS) is 11.4. The van der Waals surface area contributed by atoms with Gasteiger partial charge in [0, 0.05) is 30.9 Å². The Kier molecular flexibility index (Phi) is 4.70. The van der Waals surface area contributed by atoms with Gasteiger partial charge in [-0.15, -0.1) is 0 Å². The largest absolute Gasteiger partial charge is 0.382 e. The summed E-state index contributed by atoms with van der Waals surface area (Å²) in [5, 5.41) is 1.05. The van der Waals surface area contributed by atoms with Crippen LogP contribution >= 0.6 is 0 Å². The van der Waals surface area contributed by atoms with Crippen molar-refractivity contribution >= 4 is 27.8 Å². The molecule has 3 heterocycles. The SMILES string of the molecule is Nc1nc2ccccc2c2c1ncn2CCOCCCc1cncnc1. The minimum absolute atomic E-state index is 0.462. The van der Waals surface area contributed by atoms with E-state index in [0.29, 0.717) is 19.0 Å². The van der Waals surface area contributed by atoms with Crippen molar-refractivity contribution in [2.75, 3.05) is 18.9 Å². The molecule has 7 heteroatoms. The maximum Gasteiger partial charge on any atom is 0.152 e. The van der Waals surface area contributed by atoms with Gasteiger partial charge in [-0.05, 0) is 24.5 Å². The number of para-hydroxylation sites is 1. The molecule has 4 aromatic rings. The van der Waals surface area contributed by atoms with Crippen molar-refractivity contribution in [3.05, 3.63) is 54.9 Å². The molecule has 7 nitrogen and oxygen atoms in total. The van der Waals surface area contributed by atoms with Gasteiger partial charge in [0.1, 0.15) is 11.8 Å². The Morgan fingerprint density at radius 2 is 1.92 bits per heavy atom. The number of hydrogen-bond donors (Lipinski definition) is 1. The first-order chi connectivity index (χ1) is 12.8. The number of hydrogen-bond acceptors (Lipinski definition) is 6. The zero-order valence-corrected chi connectivity index (χ0v) is 14.4. The fourth-order valence-corrected chi connectivity index (χ4v) is 3.08. The molecule has 0 aliphatic heterocycles. The standard InChI is InChI=1S/C19H20N6O/c20-19-17-18(15-5-1-2-6-16(15)24-19)25(13-23-17)7-9-26-8-3-4-14-10-21-12-22-11-14/h1-2,5-6,10-13H,3-4,7-9H2,(H2,20,24). The highest BCUT2D eigenvalue weighted by molar-refractivity contribution is 6.06. The molecule has 0 saturated heterocycles. The van der Waals surface area contributed by atoms with Gasteiger partial charge < -0.3 is 15.0 Å². The number of rotatable bonds is 7. The van der Waals surface area contributed by atoms with E-state index in [9.17, 15) is 0 Å². The van der Waals surface area contributed by atoms with Crippen LogP contribution in [-0.4, -0.2) is 37.7 Å². The number of aromatic nitrogens is 5. The Morgan fingerprint density at radius 3 is 2.81 bits per heavy atom. The van der Waals surface area contributed by atoms with Gasteiger partial charge in [0.25, 0.3) is 0 Å². The molecule has 0 amide bonds. The fraction of sp³-hybridized carbons (Fsp3) is 0.263. The molecule has 4 rings (SSSR count). The number of benzene rings is 1. The molecule has 0 radical (unpaired) electrons. The van der Waals surface area contributed by atoms with Crippen LogP contribution in [0.4, 0.5) is 5.82 Å². The summed E-state index contributed by atoms with van der Waals surface area (Å²) in [6.07, 6.45) is 8.89. The van der Waals surface area contributed by atoms with Gasteiger partial charge in [0.2, 0.25) is 0 Å². The lowest BCUT2D eigenvalue weighted by Crippen LogP contribution is -2.07. The first-order valence-electron chi connectivity index (χ1n) is 8.63. The Labute approximate surface area is 150 Å². The van der Waals surface area contributed by atoms with Crippen molar-refractivity contribution in [1.82, 2.24) is 24.5 Å². The van der Waals surface area contributed by atoms with Crippen LogP contribution in [0.25, 0.3) is 21.9 Å². The van der Waals surface area contributed by atoms with Crippen LogP contribution in [0.3, 0.4) is 0 Å². The predicted molar refractivity (Wildman–Crippen MR) is 101 cm³/mol. The van der Waals surface area contributed by atoms with Gasteiger partial charge in [-0.3, -0.25) is 0 Å². The summed E-state index contributed by atoms with van der Waals surface area (Å²) < 4.78 is 7.87. The molecule has 0 atom stereocenters. The second-order valence-electron chi connectivity index (χ2n) is 6.11. The molecular weight excluding hydrogens is 328 g/mol. The first kappa shape index (κ1) is 16.4. The summed E-state index contributed by atoms with van der Waals surface area (Å²) in [7, 11) is 0. The van der Waals surface area contributed by atoms with E-state index >= 15 is 0 Å². The molecule has 1 aromatic carbocycles. The van der Waals surface area contributed by atoms with Crippen molar-refractivity contribution < 1.29 is 4.74 Å². The van der Waals surface area contributed by atoms with Gasteiger partial charge >= 0.3 is 0 Å². The van der Waals surface area contributed by atoms with Crippen LogP contribution in [0.2, 0.25) is 0 Å². The molecule has 0 aliphatic rings. The lowest BCUT2D eigenvalue weighted by atomic mass is 10.2. The summed E-state index contributed by atoms with van der Waals surface area (Å²) in [5.74, 6) is 0.462. The molecule has 26 heavy (non-hydrogen) atoms. The Morgan fingerprint density at radius 1 is 1.08 bits per heavy atom. The molecule has 0 aliphatic carbocycles. The van der Waals surface area contributed by atoms with Crippen LogP contribution in [-0.2, 0) is 17.7 Å². The van der Waals surface area contributed by atoms with E-state index in [4.69, 9.17) is 10.5 Å². The molecule has 2 N–H and O–H groups in total. The highest BCUT2D eigenvalue weighted by atomic mass is 16.5. The van der Waals surface area contributed by atoms with Crippen LogP contribution < -0.4 is 5.73 Å². The summed E-state index contributed by atoms with van der Waals surface area (Å²) >= 11 is 0. The van der Waals surface area contributed by atoms with E-state index in [-0.39, 0.29) is 0 Å². The maximum absolute atomic E-state index is 6.06. The number of fused-ring (bicyclic) bond motifs is 3. The number of anilines is 1. The average molecular weight is 348 g/mol. The lowest BCUT2D eigenvalue weighted by Gasteiger charge is -2.08. The number of aryl methyl sites for hydroxylation is 1. The molecule has 3 aromatic heterocycles. The van der Waals surface area contributed by atoms with Gasteiger partial charge in [-0.1, -0.05) is 18.2 Å². The number of nitrogens with zero attached hydrogens (tertiary/aromatic N) is 5. The number of imidazole rings is 1. The van der Waals surface area contributed by atoms with E-state index in [2.05, 4.69) is 24.5 Å². The third kappa shape index (κ3) is 3.34. The van der Waals surface area contributed by atoms with E-state index in [1.165, 1.54) is 0 Å². The van der Waals surface area contributed by atoms with Crippen molar-refractivity contribution in [3.8, 4) is 0 Å². The smallest absolute Gasteiger partial charge is 0.152 e. The van der Waals surface area contributed by atoms with Crippen LogP contribution in [0.5, 0.6) is 0 Å². The molecule has 0 saturated carbocycles. The van der Waals surface area contributed by atoms with Crippen molar-refractivity contribution in [3.63, 3.8) is 0 Å². The van der Waals surface area contributed by atoms with Crippen molar-refractivity contribution in [2.24, 2.45) is 0 Å². The quantitative estimate of drug-likeness (QED) is 0.516. The van der Waals surface area contributed by atoms with E-state index < -0.39 is 0 Å². The molecule has 0 spiro atoms. The zero-order chi connectivity index (χ0) is 17.8. The van der Waals surface area contributed by atoms with Gasteiger partial charge in [-0.2, -0.15) is 0 Å². The zero-order valence-electron chi connectivity index (χ0n) is 14.4. The van der Waals surface area contributed by atoms with Gasteiger partial charge in [0.15, 0.2) is 5.82 Å². The highest BCUT2D eigenvalue weighted by Gasteiger charge is 2.11. The highest BCUT2D eigenvalue weighted by Crippen LogP contribution is 2.26. The third-order valence-electron chi connectivity index (χ3n) is 4.33.